The van der Waals surface area contributed by atoms with Crippen LogP contribution in [-0.2, 0) is 26.3 Å². The normalized spacial score (nSPS) is 25.4. The number of piperidine rings is 2. The smallest absolute Gasteiger partial charge is 0.341 e. The molecule has 2 aromatic carbocycles. The highest BCUT2D eigenvalue weighted by atomic mass is 35.5. The van der Waals surface area contributed by atoms with Gasteiger partial charge in [-0.15, -0.1) is 0 Å². The first-order valence-corrected chi connectivity index (χ1v) is 22.2. The molecule has 9 rings (SSSR count). The van der Waals surface area contributed by atoms with Crippen LogP contribution in [0.3, 0.4) is 0 Å². The summed E-state index contributed by atoms with van der Waals surface area (Å²) in [5.74, 6) is 2.28. The van der Waals surface area contributed by atoms with Crippen LogP contribution in [0.15, 0.2) is 48.8 Å². The highest BCUT2D eigenvalue weighted by Gasteiger charge is 2.54. The van der Waals surface area contributed by atoms with Crippen molar-refractivity contribution in [2.75, 3.05) is 46.7 Å². The number of nitrogens with one attached hydrogen (secondary N) is 3. The summed E-state index contributed by atoms with van der Waals surface area (Å²) in [7, 11) is 0. The fourth-order valence-electron chi connectivity index (χ4n) is 9.20. The van der Waals surface area contributed by atoms with Crippen molar-refractivity contribution in [1.82, 2.24) is 25.3 Å². The number of anilines is 4. The van der Waals surface area contributed by atoms with Gasteiger partial charge in [0.25, 0.3) is 5.91 Å². The number of benzene rings is 2. The first-order chi connectivity index (χ1) is 30.5. The molecule has 4 heterocycles. The lowest BCUT2D eigenvalue weighted by molar-refractivity contribution is 0.0696. The molecule has 3 aliphatic carbocycles. The molecule has 6 atom stereocenters. The summed E-state index contributed by atoms with van der Waals surface area (Å²) in [6.07, 6.45) is 7.63. The van der Waals surface area contributed by atoms with E-state index >= 15 is 0 Å². The molecule has 0 radical (unpaired) electrons. The van der Waals surface area contributed by atoms with Crippen LogP contribution in [0.5, 0.6) is 0 Å². The van der Waals surface area contributed by atoms with Crippen molar-refractivity contribution in [2.24, 2.45) is 23.7 Å². The predicted molar refractivity (Wildman–Crippen MR) is 236 cm³/mol. The number of aromatic carboxylic acids is 1. The van der Waals surface area contributed by atoms with Gasteiger partial charge in [-0.1, -0.05) is 47.5 Å². The molecule has 3 saturated carbocycles. The molecule has 0 bridgehead atoms. The molecule has 336 valence electrons. The zero-order chi connectivity index (χ0) is 44.4. The topological polar surface area (TPSA) is 250 Å². The Hall–Kier alpha value is -4.88. The summed E-state index contributed by atoms with van der Waals surface area (Å²) < 4.78 is 0. The number of aromatic nitrogens is 4. The number of halogens is 2. The summed E-state index contributed by atoms with van der Waals surface area (Å²) in [6.45, 7) is 2.10. The van der Waals surface area contributed by atoms with E-state index in [2.05, 4.69) is 30.9 Å². The Bertz CT molecular complexity index is 2300. The van der Waals surface area contributed by atoms with Crippen LogP contribution in [0.25, 0.3) is 0 Å². The summed E-state index contributed by atoms with van der Waals surface area (Å²) in [5, 5.41) is 67.7. The summed E-state index contributed by atoms with van der Waals surface area (Å²) in [4.78, 5) is 46.6. The SMILES string of the molecule is O=C(NC1CCC(O)CC1)c1cnc(N2CC3CC3C2CO)nc1NCc1ccc(CO)c(Cl)c1.O=C(O)c1cnc(N2CC3CC3C2CO)nc1NCc1ccc(CO)c(Cl)c1. The number of carbonyl (C=O) groups excluding carboxylic acids is 1. The zero-order valence-electron chi connectivity index (χ0n) is 34.6. The Morgan fingerprint density at radius 3 is 1.62 bits per heavy atom. The Balaban J connectivity index is 0.000000177. The number of aliphatic hydroxyl groups excluding tert-OH is 5. The van der Waals surface area contributed by atoms with E-state index in [4.69, 9.17) is 28.2 Å². The second-order valence-corrected chi connectivity index (χ2v) is 18.0. The van der Waals surface area contributed by atoms with Crippen molar-refractivity contribution in [3.8, 4) is 0 Å². The third-order valence-electron chi connectivity index (χ3n) is 13.0. The number of aliphatic hydroxyl groups is 5. The van der Waals surface area contributed by atoms with Crippen LogP contribution in [0, 0.1) is 23.7 Å². The predicted octanol–water partition coefficient (Wildman–Crippen LogP) is 3.83. The van der Waals surface area contributed by atoms with E-state index in [1.54, 1.807) is 30.5 Å². The number of carboxylic acid groups (broad SMARTS) is 1. The first-order valence-electron chi connectivity index (χ1n) is 21.4. The molecule has 2 aromatic heterocycles. The van der Waals surface area contributed by atoms with Gasteiger partial charge in [-0.25, -0.2) is 14.8 Å². The van der Waals surface area contributed by atoms with Crippen LogP contribution in [0.4, 0.5) is 23.5 Å². The fourth-order valence-corrected chi connectivity index (χ4v) is 9.72. The number of rotatable bonds is 15. The monoisotopic (exact) mass is 905 g/mol. The van der Waals surface area contributed by atoms with Gasteiger partial charge in [0.05, 0.1) is 44.6 Å². The molecule has 17 nitrogen and oxygen atoms in total. The van der Waals surface area contributed by atoms with Gasteiger partial charge in [-0.05, 0) is 96.6 Å². The number of hydrogen-bond donors (Lipinski definition) is 9. The molecule has 4 aromatic rings. The Kier molecular flexibility index (Phi) is 13.8. The molecule has 19 heteroatoms. The van der Waals surface area contributed by atoms with E-state index < -0.39 is 5.97 Å². The lowest BCUT2D eigenvalue weighted by Gasteiger charge is -2.28. The number of hydrogen-bond acceptors (Lipinski definition) is 15. The van der Waals surface area contributed by atoms with E-state index in [0.717, 1.165) is 49.9 Å². The average molecular weight is 907 g/mol. The van der Waals surface area contributed by atoms with Crippen LogP contribution >= 0.6 is 23.2 Å². The van der Waals surface area contributed by atoms with Crippen LogP contribution in [-0.4, -0.2) is 113 Å². The van der Waals surface area contributed by atoms with E-state index in [0.29, 0.717) is 94.1 Å². The van der Waals surface area contributed by atoms with Gasteiger partial charge in [-0.3, -0.25) is 4.79 Å². The van der Waals surface area contributed by atoms with Crippen molar-refractivity contribution in [1.29, 1.82) is 0 Å². The molecule has 0 spiro atoms. The maximum atomic E-state index is 13.2. The summed E-state index contributed by atoms with van der Waals surface area (Å²) >= 11 is 12.4. The minimum Gasteiger partial charge on any atom is -0.477 e. The number of carbonyl (C=O) groups is 2. The third kappa shape index (κ3) is 10.1. The van der Waals surface area contributed by atoms with Crippen molar-refractivity contribution < 1.29 is 40.2 Å². The third-order valence-corrected chi connectivity index (χ3v) is 13.8. The van der Waals surface area contributed by atoms with Crippen molar-refractivity contribution >= 4 is 58.6 Å². The second-order valence-electron chi connectivity index (χ2n) is 17.1. The van der Waals surface area contributed by atoms with Gasteiger partial charge in [0, 0.05) is 54.7 Å². The zero-order valence-corrected chi connectivity index (χ0v) is 36.1. The quantitative estimate of drug-likeness (QED) is 0.0822. The van der Waals surface area contributed by atoms with Crippen LogP contribution in [0.2, 0.25) is 10.0 Å². The van der Waals surface area contributed by atoms with Gasteiger partial charge in [0.2, 0.25) is 11.9 Å². The fraction of sp³-hybridized carbons (Fsp3) is 0.500. The van der Waals surface area contributed by atoms with Crippen molar-refractivity contribution in [3.63, 3.8) is 0 Å². The van der Waals surface area contributed by atoms with Gasteiger partial charge in [0.1, 0.15) is 22.8 Å². The van der Waals surface area contributed by atoms with Crippen molar-refractivity contribution in [3.05, 3.63) is 92.2 Å². The Labute approximate surface area is 374 Å². The van der Waals surface area contributed by atoms with Crippen LogP contribution in [0.1, 0.15) is 81.5 Å². The molecule has 2 saturated heterocycles. The van der Waals surface area contributed by atoms with E-state index in [9.17, 15) is 40.2 Å². The lowest BCUT2D eigenvalue weighted by atomic mass is 9.93. The summed E-state index contributed by atoms with van der Waals surface area (Å²) in [6, 6.07) is 10.7. The maximum absolute atomic E-state index is 13.2. The highest BCUT2D eigenvalue weighted by Crippen LogP contribution is 2.51. The number of amides is 1. The minimum atomic E-state index is -1.12. The molecule has 9 N–H and O–H groups in total. The molecule has 2 aliphatic heterocycles. The molecule has 5 aliphatic rings. The number of fused-ring (bicyclic) bond motifs is 2. The van der Waals surface area contributed by atoms with Gasteiger partial charge >= 0.3 is 5.97 Å². The first kappa shape index (κ1) is 44.7. The van der Waals surface area contributed by atoms with Gasteiger partial charge < -0.3 is 56.4 Å². The minimum absolute atomic E-state index is 0.00558. The molecule has 5 fully saturated rings. The van der Waals surface area contributed by atoms with Crippen LogP contribution < -0.4 is 25.8 Å². The molecule has 6 unspecified atom stereocenters. The van der Waals surface area contributed by atoms with E-state index in [1.165, 1.54) is 6.20 Å². The number of nitrogens with zero attached hydrogens (tertiary/aromatic N) is 6. The average Bonchev–Trinajstić information content (AvgIpc) is 4.18. The molecule has 1 amide bonds. The maximum Gasteiger partial charge on any atom is 0.341 e. The second kappa shape index (κ2) is 19.5. The largest absolute Gasteiger partial charge is 0.477 e. The molecule has 63 heavy (non-hydrogen) atoms. The number of carboxylic acids is 1. The lowest BCUT2D eigenvalue weighted by Crippen LogP contribution is -2.39. The Morgan fingerprint density at radius 2 is 1.17 bits per heavy atom. The van der Waals surface area contributed by atoms with Gasteiger partial charge in [0.15, 0.2) is 0 Å². The van der Waals surface area contributed by atoms with E-state index in [1.807, 2.05) is 21.9 Å². The standard InChI is InChI=1S/C25H32ClN5O4.C19H21ClN4O4/c26-21-7-14(1-2-15(21)12-32)9-27-23-20(24(35)29-17-3-5-18(34)6-4-17)10-28-25(30-23)31-11-16-8-19(16)22(31)13-33;20-15-3-10(1-2-11(15)8-25)5-21-17-14(18(27)28)6-22-19(23-17)24-7-12-4-13(12)16(24)9-26/h1-2,7,10,16-19,22,32-34H,3-6,8-9,11-13H2,(H,29,35)(H,27,28,30);1-3,6,12-13,16,25-26H,4-5,7-9H2,(H,27,28)(H,21,22,23). The molecular weight excluding hydrogens is 853 g/mol. The van der Waals surface area contributed by atoms with Gasteiger partial charge in [-0.2, -0.15) is 9.97 Å². The van der Waals surface area contributed by atoms with E-state index in [-0.39, 0.29) is 67.9 Å². The molecular formula is C44H53Cl2N9O8. The summed E-state index contributed by atoms with van der Waals surface area (Å²) in [5.41, 5.74) is 3.32. The van der Waals surface area contributed by atoms with Crippen molar-refractivity contribution in [2.45, 2.75) is 89.1 Å². The Morgan fingerprint density at radius 1 is 0.698 bits per heavy atom. The highest BCUT2D eigenvalue weighted by molar-refractivity contribution is 6.31.